The van der Waals surface area contributed by atoms with Gasteiger partial charge in [0.15, 0.2) is 5.82 Å². The van der Waals surface area contributed by atoms with E-state index in [9.17, 15) is 14.7 Å². The summed E-state index contributed by atoms with van der Waals surface area (Å²) in [4.78, 5) is 39.2. The number of hydrogen-bond acceptors (Lipinski definition) is 9. The molecular formula is C27H36N6O5. The van der Waals surface area contributed by atoms with Crippen molar-refractivity contribution in [2.75, 3.05) is 32.2 Å². The van der Waals surface area contributed by atoms with Gasteiger partial charge in [0.05, 0.1) is 43.8 Å². The average molecular weight is 525 g/mol. The van der Waals surface area contributed by atoms with Gasteiger partial charge >= 0.3 is 0 Å². The third-order valence-electron chi connectivity index (χ3n) is 6.65. The molecule has 3 aromatic heterocycles. The van der Waals surface area contributed by atoms with E-state index >= 15 is 0 Å². The molecule has 0 saturated heterocycles. The lowest BCUT2D eigenvalue weighted by molar-refractivity contribution is -0.120. The number of rotatable bonds is 12. The van der Waals surface area contributed by atoms with E-state index in [-0.39, 0.29) is 36.0 Å². The van der Waals surface area contributed by atoms with E-state index in [0.29, 0.717) is 55.2 Å². The van der Waals surface area contributed by atoms with Crippen LogP contribution in [0.2, 0.25) is 0 Å². The van der Waals surface area contributed by atoms with E-state index in [2.05, 4.69) is 32.5 Å². The number of aliphatic hydroxyl groups excluding tert-OH is 1. The number of ether oxygens (including phenoxy) is 2. The molecule has 3 N–H and O–H groups in total. The molecule has 0 aromatic carbocycles. The quantitative estimate of drug-likeness (QED) is 0.305. The van der Waals surface area contributed by atoms with Crippen molar-refractivity contribution in [1.82, 2.24) is 24.8 Å². The third-order valence-corrected chi connectivity index (χ3v) is 6.65. The number of nitrogens with one attached hydrogen (secondary N) is 2. The summed E-state index contributed by atoms with van der Waals surface area (Å²) in [6.07, 6.45) is 7.80. The van der Waals surface area contributed by atoms with E-state index < -0.39 is 0 Å². The van der Waals surface area contributed by atoms with E-state index in [1.54, 1.807) is 30.1 Å². The lowest BCUT2D eigenvalue weighted by Gasteiger charge is -2.26. The Morgan fingerprint density at radius 1 is 1.16 bits per heavy atom. The molecule has 1 saturated carbocycles. The van der Waals surface area contributed by atoms with Crippen molar-refractivity contribution in [3.05, 3.63) is 40.9 Å². The average Bonchev–Trinajstić information content (AvgIpc) is 2.94. The van der Waals surface area contributed by atoms with Crippen LogP contribution in [0.4, 0.5) is 5.82 Å². The van der Waals surface area contributed by atoms with Crippen molar-refractivity contribution in [3.63, 3.8) is 0 Å². The second-order valence-corrected chi connectivity index (χ2v) is 9.46. The van der Waals surface area contributed by atoms with Crippen molar-refractivity contribution in [3.8, 4) is 17.1 Å². The highest BCUT2D eigenvalue weighted by molar-refractivity contribution is 5.82. The molecule has 0 spiro atoms. The summed E-state index contributed by atoms with van der Waals surface area (Å²) < 4.78 is 12.5. The summed E-state index contributed by atoms with van der Waals surface area (Å²) in [5.41, 5.74) is 2.22. The van der Waals surface area contributed by atoms with Gasteiger partial charge in [0.2, 0.25) is 11.8 Å². The molecule has 204 valence electrons. The number of nitrogens with zero attached hydrogens (tertiary/aromatic N) is 4. The van der Waals surface area contributed by atoms with E-state index in [0.717, 1.165) is 31.2 Å². The van der Waals surface area contributed by atoms with Gasteiger partial charge in [-0.15, -0.1) is 0 Å². The smallest absolute Gasteiger partial charge is 0.293 e. The first kappa shape index (κ1) is 27.5. The molecule has 11 nitrogen and oxygen atoms in total. The number of anilines is 1. The zero-order valence-corrected chi connectivity index (χ0v) is 22.0. The number of methoxy groups -OCH3 is 1. The van der Waals surface area contributed by atoms with Crippen LogP contribution >= 0.6 is 0 Å². The minimum atomic E-state index is -0.338. The molecule has 0 atom stereocenters. The number of pyridine rings is 2. The molecule has 3 aromatic rings. The lowest BCUT2D eigenvalue weighted by Crippen LogP contribution is -2.41. The highest BCUT2D eigenvalue weighted by atomic mass is 16.5. The van der Waals surface area contributed by atoms with Crippen LogP contribution in [0.25, 0.3) is 22.3 Å². The van der Waals surface area contributed by atoms with Gasteiger partial charge in [0, 0.05) is 37.0 Å². The first-order valence-electron chi connectivity index (χ1n) is 13.2. The van der Waals surface area contributed by atoms with Gasteiger partial charge in [0.1, 0.15) is 5.52 Å². The zero-order valence-electron chi connectivity index (χ0n) is 22.0. The molecule has 0 unspecified atom stereocenters. The summed E-state index contributed by atoms with van der Waals surface area (Å²) in [7, 11) is 1.56. The summed E-state index contributed by atoms with van der Waals surface area (Å²) in [6.45, 7) is 3.34. The molecule has 1 amide bonds. The third kappa shape index (κ3) is 7.05. The van der Waals surface area contributed by atoms with E-state index in [4.69, 9.17) is 9.47 Å². The number of aliphatic hydroxyl groups is 1. The summed E-state index contributed by atoms with van der Waals surface area (Å²) in [5.74, 6) is 0.363. The molecule has 1 fully saturated rings. The van der Waals surface area contributed by atoms with Crippen molar-refractivity contribution < 1.29 is 19.4 Å². The number of carbonyl (C=O) groups is 1. The summed E-state index contributed by atoms with van der Waals surface area (Å²) >= 11 is 0. The minimum Gasteiger partial charge on any atom is -0.481 e. The zero-order chi connectivity index (χ0) is 26.9. The van der Waals surface area contributed by atoms with E-state index in [1.807, 2.05) is 12.1 Å². The van der Waals surface area contributed by atoms with E-state index in [1.165, 1.54) is 0 Å². The van der Waals surface area contributed by atoms with Crippen LogP contribution in [0.1, 0.15) is 45.4 Å². The fraction of sp³-hybridized carbons (Fsp3) is 0.519. The number of unbranched alkanes of at least 4 members (excludes halogenated alkanes) is 1. The molecular weight excluding hydrogens is 488 g/mol. The van der Waals surface area contributed by atoms with Crippen LogP contribution in [-0.4, -0.2) is 69.5 Å². The SMILES string of the molecule is CCCCOCCn1c(=O)c(NCC(=O)NC2CCC(O)CC2)nc2cnc(-c3ccc(OC)nc3)cc21. The molecule has 1 aliphatic rings. The van der Waals surface area contributed by atoms with Crippen LogP contribution < -0.4 is 20.9 Å². The Labute approximate surface area is 221 Å². The predicted molar refractivity (Wildman–Crippen MR) is 144 cm³/mol. The van der Waals surface area contributed by atoms with Gasteiger partial charge in [-0.05, 0) is 44.2 Å². The predicted octanol–water partition coefficient (Wildman–Crippen LogP) is 2.51. The number of amides is 1. The van der Waals surface area contributed by atoms with Crippen molar-refractivity contribution in [2.24, 2.45) is 0 Å². The highest BCUT2D eigenvalue weighted by Gasteiger charge is 2.21. The van der Waals surface area contributed by atoms with Crippen molar-refractivity contribution in [1.29, 1.82) is 0 Å². The Hall–Kier alpha value is -3.57. The second-order valence-electron chi connectivity index (χ2n) is 9.46. The van der Waals surface area contributed by atoms with Crippen LogP contribution in [0.5, 0.6) is 5.88 Å². The van der Waals surface area contributed by atoms with Gasteiger partial charge in [-0.2, -0.15) is 0 Å². The largest absolute Gasteiger partial charge is 0.481 e. The van der Waals surface area contributed by atoms with Crippen LogP contribution in [0.3, 0.4) is 0 Å². The Bertz CT molecular complexity index is 1270. The highest BCUT2D eigenvalue weighted by Crippen LogP contribution is 2.22. The maximum Gasteiger partial charge on any atom is 0.293 e. The van der Waals surface area contributed by atoms with Gasteiger partial charge in [-0.1, -0.05) is 13.3 Å². The second kappa shape index (κ2) is 13.3. The Balaban J connectivity index is 1.55. The van der Waals surface area contributed by atoms with Gasteiger partial charge in [-0.3, -0.25) is 14.6 Å². The van der Waals surface area contributed by atoms with Gasteiger partial charge in [0.25, 0.3) is 5.56 Å². The van der Waals surface area contributed by atoms with Crippen LogP contribution in [0.15, 0.2) is 35.4 Å². The first-order chi connectivity index (χ1) is 18.5. The summed E-state index contributed by atoms with van der Waals surface area (Å²) in [5, 5.41) is 15.6. The van der Waals surface area contributed by atoms with Gasteiger partial charge < -0.3 is 29.8 Å². The Morgan fingerprint density at radius 2 is 1.97 bits per heavy atom. The number of fused-ring (bicyclic) bond motifs is 1. The van der Waals surface area contributed by atoms with Gasteiger partial charge in [-0.25, -0.2) is 9.97 Å². The fourth-order valence-corrected chi connectivity index (χ4v) is 4.46. The van der Waals surface area contributed by atoms with Crippen LogP contribution in [-0.2, 0) is 16.1 Å². The number of carbonyl (C=O) groups excluding carboxylic acids is 1. The maximum absolute atomic E-state index is 13.4. The normalized spacial score (nSPS) is 17.3. The molecule has 0 radical (unpaired) electrons. The molecule has 0 bridgehead atoms. The molecule has 11 heteroatoms. The Morgan fingerprint density at radius 3 is 2.68 bits per heavy atom. The minimum absolute atomic E-state index is 0.0317. The molecule has 0 aliphatic heterocycles. The standard InChI is InChI=1S/C27H36N6O5/c1-3-4-12-38-13-11-33-23-14-21(18-5-10-25(37-2)29-15-18)28-16-22(23)32-26(27(33)36)30-17-24(35)31-19-6-8-20(34)9-7-19/h5,10,14-16,19-20,34H,3-4,6-9,11-13,17H2,1-2H3,(H,30,32)(H,31,35). The number of aromatic nitrogens is 4. The molecule has 4 rings (SSSR count). The summed E-state index contributed by atoms with van der Waals surface area (Å²) in [6, 6.07) is 5.45. The Kier molecular flexibility index (Phi) is 9.61. The van der Waals surface area contributed by atoms with Crippen molar-refractivity contribution in [2.45, 2.75) is 64.1 Å². The monoisotopic (exact) mass is 524 g/mol. The first-order valence-corrected chi connectivity index (χ1v) is 13.2. The maximum atomic E-state index is 13.4. The topological polar surface area (TPSA) is 140 Å². The van der Waals surface area contributed by atoms with Crippen molar-refractivity contribution >= 4 is 22.8 Å². The molecule has 1 aliphatic carbocycles. The van der Waals surface area contributed by atoms with Crippen LogP contribution in [0, 0.1) is 0 Å². The molecule has 3 heterocycles. The lowest BCUT2D eigenvalue weighted by atomic mass is 9.93. The fourth-order valence-electron chi connectivity index (χ4n) is 4.46. The molecule has 38 heavy (non-hydrogen) atoms. The number of hydrogen-bond donors (Lipinski definition) is 3.